The lowest BCUT2D eigenvalue weighted by atomic mass is 9.33. The highest BCUT2D eigenvalue weighted by Crippen LogP contribution is 2.53. The molecule has 0 atom stereocenters. The molecule has 0 spiro atoms. The molecule has 5 heteroatoms. The molecule has 0 aliphatic carbocycles. The Bertz CT molecular complexity index is 4210. The molecule has 0 saturated heterocycles. The van der Waals surface area contributed by atoms with E-state index in [-0.39, 0.29) is 6.71 Å². The summed E-state index contributed by atoms with van der Waals surface area (Å²) >= 11 is 3.91. The van der Waals surface area contributed by atoms with Crippen LogP contribution in [-0.2, 0) is 12.8 Å². The van der Waals surface area contributed by atoms with Crippen LogP contribution in [0.3, 0.4) is 0 Å². The number of thiophene rings is 2. The van der Waals surface area contributed by atoms with Gasteiger partial charge in [0.1, 0.15) is 0 Å². The maximum absolute atomic E-state index is 2.67. The zero-order valence-corrected chi connectivity index (χ0v) is 38.7. The minimum absolute atomic E-state index is 0.0307. The lowest BCUT2D eigenvalue weighted by Gasteiger charge is -2.42. The van der Waals surface area contributed by atoms with E-state index >= 15 is 0 Å². The average Bonchev–Trinajstić information content (AvgIpc) is 3.96. The van der Waals surface area contributed by atoms with Crippen LogP contribution in [0.4, 0.5) is 32.8 Å². The Kier molecular flexibility index (Phi) is 7.91. The van der Waals surface area contributed by atoms with Crippen molar-refractivity contribution in [2.24, 2.45) is 0 Å². The normalized spacial score (nSPS) is 13.3. The van der Waals surface area contributed by atoms with Crippen molar-refractivity contribution in [3.05, 3.63) is 199 Å². The van der Waals surface area contributed by atoms with E-state index in [4.69, 9.17) is 0 Å². The zero-order valence-electron chi connectivity index (χ0n) is 37.1. The van der Waals surface area contributed by atoms with E-state index in [0.29, 0.717) is 0 Å². The van der Waals surface area contributed by atoms with E-state index in [0.717, 1.165) is 12.8 Å². The van der Waals surface area contributed by atoms with Gasteiger partial charge in [0.05, 0.1) is 15.7 Å². The van der Waals surface area contributed by atoms with Gasteiger partial charge in [-0.3, -0.25) is 0 Å². The molecule has 0 bridgehead atoms. The summed E-state index contributed by atoms with van der Waals surface area (Å²) in [5.74, 6) is 0. The van der Waals surface area contributed by atoms with Gasteiger partial charge >= 0.3 is 0 Å². The fraction of sp³-hybridized carbons (Fsp3) is 0.0645. The van der Waals surface area contributed by atoms with Crippen LogP contribution in [0, 0.1) is 0 Å². The van der Waals surface area contributed by atoms with Crippen molar-refractivity contribution in [1.82, 2.24) is 0 Å². The van der Waals surface area contributed by atoms with Crippen molar-refractivity contribution in [2.45, 2.75) is 26.7 Å². The number of hydrogen-bond donors (Lipinski definition) is 0. The number of hydrogen-bond acceptors (Lipinski definition) is 4. The van der Waals surface area contributed by atoms with Crippen LogP contribution in [0.25, 0.3) is 84.8 Å². The molecule has 13 aromatic rings. The van der Waals surface area contributed by atoms with E-state index in [1.54, 1.807) is 0 Å². The molecule has 2 nitrogen and oxygen atoms in total. The van der Waals surface area contributed by atoms with Gasteiger partial charge in [0, 0.05) is 31.8 Å². The van der Waals surface area contributed by atoms with Gasteiger partial charge in [0.15, 0.2) is 0 Å². The first-order valence-electron chi connectivity index (χ1n) is 23.7. The second kappa shape index (κ2) is 14.0. The van der Waals surface area contributed by atoms with Crippen LogP contribution >= 0.6 is 22.7 Å². The lowest BCUT2D eigenvalue weighted by Crippen LogP contribution is -2.60. The Morgan fingerprint density at radius 3 is 1.30 bits per heavy atom. The molecule has 0 fully saturated rings. The zero-order chi connectivity index (χ0) is 44.1. The van der Waals surface area contributed by atoms with E-state index in [1.807, 2.05) is 22.7 Å². The summed E-state index contributed by atoms with van der Waals surface area (Å²) in [5, 5.41) is 20.9. The highest BCUT2D eigenvalue weighted by atomic mass is 32.1. The van der Waals surface area contributed by atoms with Crippen LogP contribution in [0.2, 0.25) is 0 Å². The maximum Gasteiger partial charge on any atom is 0.256 e. The van der Waals surface area contributed by atoms with Crippen molar-refractivity contribution in [1.29, 1.82) is 0 Å². The van der Waals surface area contributed by atoms with Gasteiger partial charge in [0.2, 0.25) is 0 Å². The first-order valence-corrected chi connectivity index (χ1v) is 25.3. The van der Waals surface area contributed by atoms with E-state index in [9.17, 15) is 0 Å². The summed E-state index contributed by atoms with van der Waals surface area (Å²) in [4.78, 5) is 5.30. The summed E-state index contributed by atoms with van der Waals surface area (Å²) < 4.78 is 2.67. The smallest absolute Gasteiger partial charge is 0.256 e. The molecule has 15 rings (SSSR count). The number of rotatable bonds is 4. The highest BCUT2D eigenvalue weighted by molar-refractivity contribution is 7.29. The van der Waals surface area contributed by atoms with E-state index < -0.39 is 0 Å². The summed E-state index contributed by atoms with van der Waals surface area (Å²) in [6.45, 7) is 4.61. The van der Waals surface area contributed by atoms with Gasteiger partial charge in [0.25, 0.3) is 6.71 Å². The molecular formula is C62H41BN2S2. The van der Waals surface area contributed by atoms with E-state index in [1.165, 1.54) is 145 Å². The molecule has 0 N–H and O–H groups in total. The molecule has 67 heavy (non-hydrogen) atoms. The molecule has 11 aromatic carbocycles. The molecule has 314 valence electrons. The predicted octanol–water partition coefficient (Wildman–Crippen LogP) is 16.2. The van der Waals surface area contributed by atoms with Crippen LogP contribution in [-0.4, -0.2) is 6.71 Å². The highest BCUT2D eigenvalue weighted by Gasteiger charge is 2.47. The average molecular weight is 889 g/mol. The number of nitrogens with zero attached hydrogens (tertiary/aromatic N) is 2. The standard InChI is InChI=1S/C62H41BN2S2/c1-3-36-27-31-55-50(33-36)58-61(66-55)64(38-29-30-46-41-17-6-5-15-39(41)40-16-8-10-21-45(40)49(46)35-38)53-25-14-26-54-60(53)63(58)59-51-34-37(4-2)28-32-56(51)67-62(59)65(54)52-24-13-23-48-44-19-9-7-18-42(44)43-20-11-12-22-47(43)57(48)52/h5-35H,3-4H2,1-2H3. The van der Waals surface area contributed by atoms with Crippen LogP contribution in [0.1, 0.15) is 25.0 Å². The van der Waals surface area contributed by atoms with Gasteiger partial charge in [-0.1, -0.05) is 159 Å². The monoisotopic (exact) mass is 888 g/mol. The number of fused-ring (bicyclic) bond motifs is 20. The Labute approximate surface area is 396 Å². The fourth-order valence-corrected chi connectivity index (χ4v) is 14.7. The molecule has 2 aromatic heterocycles. The molecule has 0 amide bonds. The minimum Gasteiger partial charge on any atom is -0.303 e. The predicted molar refractivity (Wildman–Crippen MR) is 295 cm³/mol. The third kappa shape index (κ3) is 5.11. The van der Waals surface area contributed by atoms with Gasteiger partial charge in [-0.15, -0.1) is 22.7 Å². The lowest BCUT2D eigenvalue weighted by molar-refractivity contribution is 1.15. The second-order valence-corrected chi connectivity index (χ2v) is 20.5. The van der Waals surface area contributed by atoms with Crippen LogP contribution in [0.15, 0.2) is 188 Å². The van der Waals surface area contributed by atoms with Crippen LogP contribution < -0.4 is 26.2 Å². The van der Waals surface area contributed by atoms with Gasteiger partial charge in [-0.25, -0.2) is 0 Å². The first-order chi connectivity index (χ1) is 33.2. The van der Waals surface area contributed by atoms with Crippen molar-refractivity contribution in [2.75, 3.05) is 9.80 Å². The Morgan fingerprint density at radius 1 is 0.343 bits per heavy atom. The maximum atomic E-state index is 2.67. The number of benzene rings is 11. The summed E-state index contributed by atoms with van der Waals surface area (Å²) in [7, 11) is 0. The quantitative estimate of drug-likeness (QED) is 0.128. The van der Waals surface area contributed by atoms with Crippen molar-refractivity contribution < 1.29 is 0 Å². The van der Waals surface area contributed by atoms with Crippen molar-refractivity contribution in [3.8, 4) is 0 Å². The number of aryl methyl sites for hydroxylation is 2. The molecular weight excluding hydrogens is 848 g/mol. The molecule has 2 aliphatic rings. The Balaban J connectivity index is 1.09. The third-order valence-corrected chi connectivity index (χ3v) is 17.5. The van der Waals surface area contributed by atoms with Gasteiger partial charge < -0.3 is 9.80 Å². The topological polar surface area (TPSA) is 6.48 Å². The Morgan fingerprint density at radius 2 is 0.761 bits per heavy atom. The Hall–Kier alpha value is -7.44. The molecule has 0 saturated carbocycles. The molecule has 4 heterocycles. The third-order valence-electron chi connectivity index (χ3n) is 15.1. The molecule has 0 unspecified atom stereocenters. The van der Waals surface area contributed by atoms with E-state index in [2.05, 4.69) is 212 Å². The fourth-order valence-electron chi connectivity index (χ4n) is 12.2. The molecule has 2 aliphatic heterocycles. The largest absolute Gasteiger partial charge is 0.303 e. The summed E-state index contributed by atoms with van der Waals surface area (Å²) in [6.07, 6.45) is 1.98. The molecule has 0 radical (unpaired) electrons. The summed E-state index contributed by atoms with van der Waals surface area (Å²) in [6, 6.07) is 71.8. The van der Waals surface area contributed by atoms with Crippen LogP contribution in [0.5, 0.6) is 0 Å². The van der Waals surface area contributed by atoms with Gasteiger partial charge in [-0.05, 0) is 153 Å². The first kappa shape index (κ1) is 37.8. The SMILES string of the molecule is CCc1ccc2sc3c(c2c1)B1c2c(cccc2N(c2cccc4c5ccccc5c5ccccc5c24)c2sc4ccc(CC)cc4c21)N3c1ccc2c3ccccc3c3ccccc3c2c1. The minimum atomic E-state index is 0.0307. The van der Waals surface area contributed by atoms with Crippen molar-refractivity contribution in [3.63, 3.8) is 0 Å². The van der Waals surface area contributed by atoms with Gasteiger partial charge in [-0.2, -0.15) is 0 Å². The summed E-state index contributed by atoms with van der Waals surface area (Å²) in [5.41, 5.74) is 11.9. The second-order valence-electron chi connectivity index (χ2n) is 18.4. The van der Waals surface area contributed by atoms with Crippen molar-refractivity contribution >= 4 is 163 Å². The number of anilines is 6.